The van der Waals surface area contributed by atoms with Gasteiger partial charge in [0.15, 0.2) is 11.5 Å². The summed E-state index contributed by atoms with van der Waals surface area (Å²) >= 11 is 0. The van der Waals surface area contributed by atoms with Crippen molar-refractivity contribution in [2.45, 2.75) is 6.17 Å². The van der Waals surface area contributed by atoms with Crippen LogP contribution >= 0.6 is 0 Å². The Labute approximate surface area is 193 Å². The number of fused-ring (bicyclic) bond motifs is 1. The van der Waals surface area contributed by atoms with Crippen LogP contribution in [0.4, 0.5) is 5.69 Å². The van der Waals surface area contributed by atoms with Crippen LogP contribution in [0.1, 0.15) is 22.1 Å². The molecule has 172 valence electrons. The van der Waals surface area contributed by atoms with Crippen LogP contribution in [-0.4, -0.2) is 51.4 Å². The van der Waals surface area contributed by atoms with Crippen LogP contribution in [0.25, 0.3) is 0 Å². The summed E-state index contributed by atoms with van der Waals surface area (Å²) < 4.78 is 22.4. The molecule has 4 rings (SSSR count). The van der Waals surface area contributed by atoms with Gasteiger partial charge in [0.1, 0.15) is 25.1 Å². The largest absolute Gasteiger partial charge is 0.493 e. The van der Waals surface area contributed by atoms with Gasteiger partial charge in [0.05, 0.1) is 19.3 Å². The van der Waals surface area contributed by atoms with Crippen LogP contribution in [-0.2, 0) is 4.74 Å². The van der Waals surface area contributed by atoms with Crippen molar-refractivity contribution in [3.63, 3.8) is 0 Å². The van der Waals surface area contributed by atoms with Gasteiger partial charge in [-0.25, -0.2) is 0 Å². The van der Waals surface area contributed by atoms with Gasteiger partial charge in [0.2, 0.25) is 0 Å². The highest BCUT2D eigenvalue weighted by Gasteiger charge is 2.33. The number of nitrogens with zero attached hydrogens (tertiary/aromatic N) is 1. The smallest absolute Gasteiger partial charge is 0.257 e. The van der Waals surface area contributed by atoms with Crippen molar-refractivity contribution in [1.29, 1.82) is 0 Å². The molecule has 0 spiro atoms. The molecule has 1 aliphatic heterocycles. The third-order valence-corrected chi connectivity index (χ3v) is 5.41. The number of hydrogen-bond acceptors (Lipinski definition) is 6. The predicted molar refractivity (Wildman–Crippen MR) is 126 cm³/mol. The molecule has 1 amide bonds. The molecule has 33 heavy (non-hydrogen) atoms. The SMILES string of the molecule is COCCN1C(=O)c2ccccc2NC1c1ccc(OCCOc2ccccc2)c(OC)c1. The zero-order valence-electron chi connectivity index (χ0n) is 18.8. The van der Waals surface area contributed by atoms with Crippen molar-refractivity contribution in [3.05, 3.63) is 83.9 Å². The molecule has 0 radical (unpaired) electrons. The van der Waals surface area contributed by atoms with Crippen LogP contribution in [0.3, 0.4) is 0 Å². The number of amides is 1. The number of carbonyl (C=O) groups is 1. The van der Waals surface area contributed by atoms with Crippen molar-refractivity contribution >= 4 is 11.6 Å². The third-order valence-electron chi connectivity index (χ3n) is 5.41. The van der Waals surface area contributed by atoms with E-state index in [4.69, 9.17) is 18.9 Å². The van der Waals surface area contributed by atoms with Gasteiger partial charge >= 0.3 is 0 Å². The van der Waals surface area contributed by atoms with Gasteiger partial charge in [0.25, 0.3) is 5.91 Å². The van der Waals surface area contributed by atoms with Gasteiger partial charge in [-0.2, -0.15) is 0 Å². The van der Waals surface area contributed by atoms with E-state index in [0.29, 0.717) is 43.4 Å². The molecule has 0 aliphatic carbocycles. The Kier molecular flexibility index (Phi) is 7.32. The lowest BCUT2D eigenvalue weighted by Gasteiger charge is -2.38. The van der Waals surface area contributed by atoms with Crippen molar-refractivity contribution in [2.75, 3.05) is 45.9 Å². The summed E-state index contributed by atoms with van der Waals surface area (Å²) in [6.07, 6.45) is -0.355. The molecule has 1 heterocycles. The minimum absolute atomic E-state index is 0.0382. The van der Waals surface area contributed by atoms with E-state index in [1.54, 1.807) is 19.1 Å². The average molecular weight is 449 g/mol. The lowest BCUT2D eigenvalue weighted by atomic mass is 10.0. The topological polar surface area (TPSA) is 69.3 Å². The fourth-order valence-corrected chi connectivity index (χ4v) is 3.78. The van der Waals surface area contributed by atoms with Crippen molar-refractivity contribution in [2.24, 2.45) is 0 Å². The summed E-state index contributed by atoms with van der Waals surface area (Å²) in [7, 11) is 3.23. The second-order valence-corrected chi connectivity index (χ2v) is 7.50. The second-order valence-electron chi connectivity index (χ2n) is 7.50. The summed E-state index contributed by atoms with van der Waals surface area (Å²) in [5.74, 6) is 1.97. The number of rotatable bonds is 10. The van der Waals surface area contributed by atoms with Gasteiger partial charge in [0, 0.05) is 19.3 Å². The first-order chi connectivity index (χ1) is 16.2. The Morgan fingerprint density at radius 2 is 1.61 bits per heavy atom. The monoisotopic (exact) mass is 448 g/mol. The van der Waals surface area contributed by atoms with E-state index in [0.717, 1.165) is 17.0 Å². The number of hydrogen-bond donors (Lipinski definition) is 1. The lowest BCUT2D eigenvalue weighted by Crippen LogP contribution is -2.44. The van der Waals surface area contributed by atoms with Crippen LogP contribution < -0.4 is 19.5 Å². The van der Waals surface area contributed by atoms with Crippen LogP contribution in [0.2, 0.25) is 0 Å². The summed E-state index contributed by atoms with van der Waals surface area (Å²) in [5.41, 5.74) is 2.34. The first-order valence-corrected chi connectivity index (χ1v) is 10.9. The Balaban J connectivity index is 1.49. The predicted octanol–water partition coefficient (Wildman–Crippen LogP) is 4.37. The van der Waals surface area contributed by atoms with E-state index in [2.05, 4.69) is 5.32 Å². The molecule has 0 bridgehead atoms. The summed E-state index contributed by atoms with van der Waals surface area (Å²) in [6, 6.07) is 22.8. The number of anilines is 1. The molecule has 3 aromatic carbocycles. The van der Waals surface area contributed by atoms with Crippen LogP contribution in [0, 0.1) is 0 Å². The normalized spacial score (nSPS) is 14.9. The molecule has 0 aromatic heterocycles. The molecule has 1 N–H and O–H groups in total. The quantitative estimate of drug-likeness (QED) is 0.465. The number of carbonyl (C=O) groups excluding carboxylic acids is 1. The molecule has 1 aliphatic rings. The Hall–Kier alpha value is -3.71. The highest BCUT2D eigenvalue weighted by molar-refractivity contribution is 6.01. The first kappa shape index (κ1) is 22.5. The van der Waals surface area contributed by atoms with E-state index < -0.39 is 0 Å². The molecule has 0 saturated heterocycles. The molecule has 7 nitrogen and oxygen atoms in total. The fourth-order valence-electron chi connectivity index (χ4n) is 3.78. The highest BCUT2D eigenvalue weighted by Crippen LogP contribution is 2.36. The Morgan fingerprint density at radius 3 is 2.39 bits per heavy atom. The van der Waals surface area contributed by atoms with Gasteiger partial charge in [-0.1, -0.05) is 36.4 Å². The van der Waals surface area contributed by atoms with Gasteiger partial charge < -0.3 is 29.2 Å². The number of benzene rings is 3. The second kappa shape index (κ2) is 10.7. The van der Waals surface area contributed by atoms with Crippen molar-refractivity contribution in [3.8, 4) is 17.2 Å². The van der Waals surface area contributed by atoms with Gasteiger partial charge in [-0.3, -0.25) is 4.79 Å². The van der Waals surface area contributed by atoms with Crippen LogP contribution in [0.15, 0.2) is 72.8 Å². The Morgan fingerprint density at radius 1 is 0.848 bits per heavy atom. The average Bonchev–Trinajstić information content (AvgIpc) is 2.86. The lowest BCUT2D eigenvalue weighted by molar-refractivity contribution is 0.0609. The Bertz CT molecular complexity index is 1070. The molecule has 3 aromatic rings. The van der Waals surface area contributed by atoms with E-state index in [1.165, 1.54) is 0 Å². The molecule has 1 unspecified atom stereocenters. The zero-order valence-corrected chi connectivity index (χ0v) is 18.8. The van der Waals surface area contributed by atoms with E-state index >= 15 is 0 Å². The van der Waals surface area contributed by atoms with Gasteiger partial charge in [-0.05, 0) is 42.0 Å². The minimum atomic E-state index is -0.355. The molecular weight excluding hydrogens is 420 g/mol. The molecule has 0 saturated carbocycles. The minimum Gasteiger partial charge on any atom is -0.493 e. The maximum Gasteiger partial charge on any atom is 0.257 e. The number of nitrogens with one attached hydrogen (secondary N) is 1. The van der Waals surface area contributed by atoms with Crippen LogP contribution in [0.5, 0.6) is 17.2 Å². The molecule has 1 atom stereocenters. The third kappa shape index (κ3) is 5.21. The van der Waals surface area contributed by atoms with E-state index in [1.807, 2.05) is 72.8 Å². The summed E-state index contributed by atoms with van der Waals surface area (Å²) in [6.45, 7) is 1.68. The van der Waals surface area contributed by atoms with E-state index in [-0.39, 0.29) is 12.1 Å². The zero-order chi connectivity index (χ0) is 23.0. The highest BCUT2D eigenvalue weighted by atomic mass is 16.5. The summed E-state index contributed by atoms with van der Waals surface area (Å²) in [4.78, 5) is 15.0. The first-order valence-electron chi connectivity index (χ1n) is 10.9. The fraction of sp³-hybridized carbons (Fsp3) is 0.269. The molecule has 0 fully saturated rings. The summed E-state index contributed by atoms with van der Waals surface area (Å²) in [5, 5.41) is 3.48. The number of methoxy groups -OCH3 is 2. The maximum absolute atomic E-state index is 13.2. The molecule has 7 heteroatoms. The standard InChI is InChI=1S/C26H28N2O5/c1-30-15-14-28-25(27-22-11-7-6-10-21(22)26(28)29)19-12-13-23(24(18-19)31-2)33-17-16-32-20-8-4-3-5-9-20/h3-13,18,25,27H,14-17H2,1-2H3. The van der Waals surface area contributed by atoms with Crippen molar-refractivity contribution in [1.82, 2.24) is 4.90 Å². The van der Waals surface area contributed by atoms with E-state index in [9.17, 15) is 4.79 Å². The number of para-hydroxylation sites is 2. The molecular formula is C26H28N2O5. The number of ether oxygens (including phenoxy) is 4. The maximum atomic E-state index is 13.2. The van der Waals surface area contributed by atoms with Crippen molar-refractivity contribution < 1.29 is 23.7 Å². The van der Waals surface area contributed by atoms with Gasteiger partial charge in [-0.15, -0.1) is 0 Å².